The molecule has 0 amide bonds. The number of hydrogen-bond acceptors (Lipinski definition) is 2. The Balaban J connectivity index is 1.69. The molecule has 2 aliphatic rings. The number of rotatable bonds is 3. The fourth-order valence-electron chi connectivity index (χ4n) is 2.94. The maximum atomic E-state index is 5.78. The lowest BCUT2D eigenvalue weighted by atomic mass is 9.82. The van der Waals surface area contributed by atoms with Gasteiger partial charge in [0.2, 0.25) is 0 Å². The molecule has 2 heteroatoms. The minimum atomic E-state index is 0.478. The molecule has 0 aromatic carbocycles. The predicted octanol–water partition coefficient (Wildman–Crippen LogP) is 2.03. The van der Waals surface area contributed by atoms with Gasteiger partial charge in [-0.3, -0.25) is 0 Å². The summed E-state index contributed by atoms with van der Waals surface area (Å²) in [5.74, 6) is 0.931. The SMILES string of the molecule is CC(NC1CC(N)C1)C1CCCCC1. The Kier molecular flexibility index (Phi) is 3.45. The van der Waals surface area contributed by atoms with E-state index in [-0.39, 0.29) is 0 Å². The first kappa shape index (κ1) is 10.4. The van der Waals surface area contributed by atoms with Crippen molar-refractivity contribution in [1.29, 1.82) is 0 Å². The molecule has 0 aliphatic heterocycles. The molecule has 0 aromatic heterocycles. The van der Waals surface area contributed by atoms with Gasteiger partial charge in [-0.2, -0.15) is 0 Å². The maximum absolute atomic E-state index is 5.78. The molecule has 0 heterocycles. The van der Waals surface area contributed by atoms with Crippen molar-refractivity contribution < 1.29 is 0 Å². The van der Waals surface area contributed by atoms with E-state index in [2.05, 4.69) is 12.2 Å². The molecule has 0 aromatic rings. The third-order valence-electron chi connectivity index (χ3n) is 4.03. The summed E-state index contributed by atoms with van der Waals surface area (Å²) in [6, 6.07) is 1.92. The van der Waals surface area contributed by atoms with Crippen LogP contribution in [0.5, 0.6) is 0 Å². The Morgan fingerprint density at radius 3 is 2.36 bits per heavy atom. The summed E-state index contributed by atoms with van der Waals surface area (Å²) in [6.45, 7) is 2.36. The minimum absolute atomic E-state index is 0.478. The topological polar surface area (TPSA) is 38.0 Å². The number of nitrogens with one attached hydrogen (secondary N) is 1. The standard InChI is InChI=1S/C12H24N2/c1-9(10-5-3-2-4-6-10)14-12-7-11(13)8-12/h9-12,14H,2-8,13H2,1H3. The van der Waals surface area contributed by atoms with Gasteiger partial charge < -0.3 is 11.1 Å². The highest BCUT2D eigenvalue weighted by Crippen LogP contribution is 2.28. The van der Waals surface area contributed by atoms with Crippen molar-refractivity contribution in [3.8, 4) is 0 Å². The van der Waals surface area contributed by atoms with Crippen LogP contribution in [0.1, 0.15) is 51.9 Å². The zero-order valence-electron chi connectivity index (χ0n) is 9.34. The average Bonchev–Trinajstić information content (AvgIpc) is 2.17. The Morgan fingerprint density at radius 2 is 1.79 bits per heavy atom. The molecule has 0 bridgehead atoms. The molecule has 1 atom stereocenters. The van der Waals surface area contributed by atoms with E-state index in [1.807, 2.05) is 0 Å². The molecule has 2 saturated carbocycles. The van der Waals surface area contributed by atoms with E-state index in [4.69, 9.17) is 5.73 Å². The molecule has 82 valence electrons. The zero-order valence-corrected chi connectivity index (χ0v) is 9.34. The lowest BCUT2D eigenvalue weighted by Crippen LogP contribution is -2.52. The van der Waals surface area contributed by atoms with Crippen LogP contribution in [0.4, 0.5) is 0 Å². The van der Waals surface area contributed by atoms with Gasteiger partial charge in [-0.15, -0.1) is 0 Å². The third kappa shape index (κ3) is 2.48. The number of nitrogens with two attached hydrogens (primary N) is 1. The Morgan fingerprint density at radius 1 is 1.14 bits per heavy atom. The van der Waals surface area contributed by atoms with E-state index in [1.165, 1.54) is 44.9 Å². The number of hydrogen-bond donors (Lipinski definition) is 2. The van der Waals surface area contributed by atoms with E-state index in [0.717, 1.165) is 12.0 Å². The van der Waals surface area contributed by atoms with Gasteiger partial charge in [0.05, 0.1) is 0 Å². The quantitative estimate of drug-likeness (QED) is 0.725. The molecule has 2 nitrogen and oxygen atoms in total. The zero-order chi connectivity index (χ0) is 9.97. The van der Waals surface area contributed by atoms with E-state index >= 15 is 0 Å². The van der Waals surface area contributed by atoms with Gasteiger partial charge >= 0.3 is 0 Å². The molecule has 0 saturated heterocycles. The van der Waals surface area contributed by atoms with Gasteiger partial charge in [-0.25, -0.2) is 0 Å². The molecule has 2 fully saturated rings. The second-order valence-electron chi connectivity index (χ2n) is 5.28. The lowest BCUT2D eigenvalue weighted by molar-refractivity contribution is 0.212. The summed E-state index contributed by atoms with van der Waals surface area (Å²) in [5, 5.41) is 3.74. The van der Waals surface area contributed by atoms with Gasteiger partial charge in [0.15, 0.2) is 0 Å². The van der Waals surface area contributed by atoms with Crippen LogP contribution in [0.25, 0.3) is 0 Å². The summed E-state index contributed by atoms with van der Waals surface area (Å²) in [6.07, 6.45) is 9.60. The largest absolute Gasteiger partial charge is 0.328 e. The molecule has 3 N–H and O–H groups in total. The fourth-order valence-corrected chi connectivity index (χ4v) is 2.94. The molecule has 1 unspecified atom stereocenters. The van der Waals surface area contributed by atoms with Gasteiger partial charge in [-0.05, 0) is 38.5 Å². The van der Waals surface area contributed by atoms with Crippen LogP contribution < -0.4 is 11.1 Å². The first-order valence-electron chi connectivity index (χ1n) is 6.27. The van der Waals surface area contributed by atoms with Gasteiger partial charge in [-0.1, -0.05) is 19.3 Å². The van der Waals surface area contributed by atoms with Gasteiger partial charge in [0, 0.05) is 18.1 Å². The van der Waals surface area contributed by atoms with Crippen LogP contribution in [0.3, 0.4) is 0 Å². The fraction of sp³-hybridized carbons (Fsp3) is 1.00. The van der Waals surface area contributed by atoms with Crippen molar-refractivity contribution in [2.45, 2.75) is 70.0 Å². The highest BCUT2D eigenvalue weighted by molar-refractivity contribution is 4.90. The molecule has 2 rings (SSSR count). The first-order chi connectivity index (χ1) is 6.75. The van der Waals surface area contributed by atoms with Crippen molar-refractivity contribution in [3.63, 3.8) is 0 Å². The molecular formula is C12H24N2. The second-order valence-corrected chi connectivity index (χ2v) is 5.28. The Labute approximate surface area is 87.6 Å². The summed E-state index contributed by atoms with van der Waals surface area (Å²) in [7, 11) is 0. The van der Waals surface area contributed by atoms with E-state index in [9.17, 15) is 0 Å². The van der Waals surface area contributed by atoms with Crippen molar-refractivity contribution in [3.05, 3.63) is 0 Å². The Hall–Kier alpha value is -0.0800. The van der Waals surface area contributed by atoms with Gasteiger partial charge in [0.25, 0.3) is 0 Å². The minimum Gasteiger partial charge on any atom is -0.328 e. The summed E-state index contributed by atoms with van der Waals surface area (Å²) < 4.78 is 0. The van der Waals surface area contributed by atoms with Crippen molar-refractivity contribution in [2.24, 2.45) is 11.7 Å². The Bertz CT molecular complexity index is 169. The first-order valence-corrected chi connectivity index (χ1v) is 6.27. The normalized spacial score (nSPS) is 36.4. The van der Waals surface area contributed by atoms with Crippen LogP contribution in [-0.2, 0) is 0 Å². The monoisotopic (exact) mass is 196 g/mol. The van der Waals surface area contributed by atoms with Crippen LogP contribution in [0.15, 0.2) is 0 Å². The molecule has 14 heavy (non-hydrogen) atoms. The molecular weight excluding hydrogens is 172 g/mol. The molecule has 2 aliphatic carbocycles. The predicted molar refractivity (Wildman–Crippen MR) is 60.2 cm³/mol. The molecule has 0 spiro atoms. The smallest absolute Gasteiger partial charge is 0.00991 e. The van der Waals surface area contributed by atoms with Gasteiger partial charge in [0.1, 0.15) is 0 Å². The second kappa shape index (κ2) is 4.63. The molecule has 0 radical (unpaired) electrons. The van der Waals surface area contributed by atoms with Crippen molar-refractivity contribution in [2.75, 3.05) is 0 Å². The highest BCUT2D eigenvalue weighted by atomic mass is 15.0. The average molecular weight is 196 g/mol. The van der Waals surface area contributed by atoms with E-state index < -0.39 is 0 Å². The lowest BCUT2D eigenvalue weighted by Gasteiger charge is -2.38. The van der Waals surface area contributed by atoms with Crippen molar-refractivity contribution in [1.82, 2.24) is 5.32 Å². The van der Waals surface area contributed by atoms with Crippen molar-refractivity contribution >= 4 is 0 Å². The van der Waals surface area contributed by atoms with Crippen LogP contribution in [0, 0.1) is 5.92 Å². The van der Waals surface area contributed by atoms with E-state index in [1.54, 1.807) is 0 Å². The summed E-state index contributed by atoms with van der Waals surface area (Å²) >= 11 is 0. The van der Waals surface area contributed by atoms with Crippen LogP contribution in [-0.4, -0.2) is 18.1 Å². The maximum Gasteiger partial charge on any atom is 0.00991 e. The van der Waals surface area contributed by atoms with Crippen LogP contribution in [0.2, 0.25) is 0 Å². The van der Waals surface area contributed by atoms with E-state index in [0.29, 0.717) is 12.1 Å². The summed E-state index contributed by atoms with van der Waals surface area (Å²) in [5.41, 5.74) is 5.78. The highest BCUT2D eigenvalue weighted by Gasteiger charge is 2.29. The summed E-state index contributed by atoms with van der Waals surface area (Å²) in [4.78, 5) is 0. The third-order valence-corrected chi connectivity index (χ3v) is 4.03. The van der Waals surface area contributed by atoms with Crippen LogP contribution >= 0.6 is 0 Å².